The molecular weight excluding hydrogens is 304 g/mol. The number of nitro groups is 1. The number of nitro benzene ring substituents is 1. The first-order valence-electron chi connectivity index (χ1n) is 6.99. The van der Waals surface area contributed by atoms with E-state index in [-0.39, 0.29) is 25.4 Å². The van der Waals surface area contributed by atoms with Gasteiger partial charge in [-0.05, 0) is 38.5 Å². The number of benzene rings is 1. The monoisotopic (exact) mass is 324 g/mol. The molecule has 0 aliphatic carbocycles. The van der Waals surface area contributed by atoms with Crippen LogP contribution >= 0.6 is 0 Å². The number of nitrogens with zero attached hydrogens (tertiary/aromatic N) is 1. The first kappa shape index (κ1) is 18.6. The van der Waals surface area contributed by atoms with Gasteiger partial charge in [0.15, 0.2) is 0 Å². The highest BCUT2D eigenvalue weighted by atomic mass is 16.6. The Bertz CT molecular complexity index is 562. The predicted octanol–water partition coefficient (Wildman–Crippen LogP) is 1.57. The summed E-state index contributed by atoms with van der Waals surface area (Å²) in [6.07, 6.45) is 0. The lowest BCUT2D eigenvalue weighted by molar-refractivity contribution is -0.384. The molecule has 0 aliphatic heterocycles. The van der Waals surface area contributed by atoms with Crippen molar-refractivity contribution in [3.63, 3.8) is 0 Å². The molecule has 0 atom stereocenters. The fraction of sp³-hybridized carbons (Fsp3) is 0.467. The Morgan fingerprint density at radius 1 is 1.13 bits per heavy atom. The molecule has 0 spiro atoms. The van der Waals surface area contributed by atoms with E-state index in [9.17, 15) is 19.7 Å². The highest BCUT2D eigenvalue weighted by Crippen LogP contribution is 2.12. The standard InChI is InChI=1S/C15H20N2O6/c1-15(2,3)23-14(19)9-16-8-13(18)22-10-11-4-6-12(7-5-11)17(20)21/h4-7,16H,8-10H2,1-3H3. The molecule has 0 fully saturated rings. The fourth-order valence-electron chi connectivity index (χ4n) is 1.57. The lowest BCUT2D eigenvalue weighted by Gasteiger charge is -2.19. The number of hydrogen-bond acceptors (Lipinski definition) is 7. The third kappa shape index (κ3) is 7.91. The van der Waals surface area contributed by atoms with Crippen LogP contribution in [0.4, 0.5) is 5.69 Å². The summed E-state index contributed by atoms with van der Waals surface area (Å²) in [7, 11) is 0. The van der Waals surface area contributed by atoms with E-state index in [0.29, 0.717) is 5.56 Å². The molecule has 0 aliphatic rings. The van der Waals surface area contributed by atoms with Crippen LogP contribution in [0.3, 0.4) is 0 Å². The van der Waals surface area contributed by atoms with E-state index in [4.69, 9.17) is 9.47 Å². The van der Waals surface area contributed by atoms with E-state index in [1.54, 1.807) is 20.8 Å². The highest BCUT2D eigenvalue weighted by Gasteiger charge is 2.16. The second-order valence-electron chi connectivity index (χ2n) is 5.77. The summed E-state index contributed by atoms with van der Waals surface area (Å²) in [5.41, 5.74) is 0.0324. The van der Waals surface area contributed by atoms with Crippen LogP contribution in [0.15, 0.2) is 24.3 Å². The Morgan fingerprint density at radius 2 is 1.70 bits per heavy atom. The van der Waals surface area contributed by atoms with Gasteiger partial charge in [0.1, 0.15) is 12.2 Å². The van der Waals surface area contributed by atoms with Crippen LogP contribution in [0.1, 0.15) is 26.3 Å². The summed E-state index contributed by atoms with van der Waals surface area (Å²) in [5.74, 6) is -0.993. The minimum atomic E-state index is -0.574. The Labute approximate surface area is 133 Å². The summed E-state index contributed by atoms with van der Waals surface area (Å²) in [5, 5.41) is 13.1. The van der Waals surface area contributed by atoms with E-state index >= 15 is 0 Å². The van der Waals surface area contributed by atoms with Gasteiger partial charge in [-0.3, -0.25) is 25.0 Å². The van der Waals surface area contributed by atoms with E-state index in [1.165, 1.54) is 24.3 Å². The van der Waals surface area contributed by atoms with E-state index in [1.807, 2.05) is 0 Å². The van der Waals surface area contributed by atoms with Crippen molar-refractivity contribution >= 4 is 17.6 Å². The highest BCUT2D eigenvalue weighted by molar-refractivity contribution is 5.75. The van der Waals surface area contributed by atoms with E-state index in [0.717, 1.165) is 0 Å². The minimum Gasteiger partial charge on any atom is -0.460 e. The van der Waals surface area contributed by atoms with Crippen LogP contribution in [-0.2, 0) is 25.7 Å². The van der Waals surface area contributed by atoms with Crippen LogP contribution in [0, 0.1) is 10.1 Å². The van der Waals surface area contributed by atoms with Gasteiger partial charge in [-0.15, -0.1) is 0 Å². The van der Waals surface area contributed by atoms with Crippen molar-refractivity contribution in [1.82, 2.24) is 5.32 Å². The molecular formula is C15H20N2O6. The Morgan fingerprint density at radius 3 is 2.22 bits per heavy atom. The molecule has 1 rings (SSSR count). The minimum absolute atomic E-state index is 0.00491. The van der Waals surface area contributed by atoms with Crippen LogP contribution in [-0.4, -0.2) is 35.6 Å². The lowest BCUT2D eigenvalue weighted by Crippen LogP contribution is -2.34. The average Bonchev–Trinajstić information content (AvgIpc) is 2.43. The molecule has 0 heterocycles. The molecule has 1 aromatic carbocycles. The van der Waals surface area contributed by atoms with Crippen molar-refractivity contribution in [2.75, 3.05) is 13.1 Å². The lowest BCUT2D eigenvalue weighted by atomic mass is 10.2. The summed E-state index contributed by atoms with van der Waals surface area (Å²) in [6, 6.07) is 5.70. The third-order valence-electron chi connectivity index (χ3n) is 2.51. The van der Waals surface area contributed by atoms with E-state index < -0.39 is 22.5 Å². The maximum atomic E-state index is 11.5. The molecule has 0 unspecified atom stereocenters. The second-order valence-corrected chi connectivity index (χ2v) is 5.77. The van der Waals surface area contributed by atoms with Gasteiger partial charge in [0.2, 0.25) is 0 Å². The van der Waals surface area contributed by atoms with Crippen LogP contribution in [0.25, 0.3) is 0 Å². The second kappa shape index (κ2) is 8.23. The number of non-ortho nitro benzene ring substituents is 1. The van der Waals surface area contributed by atoms with Crippen molar-refractivity contribution in [2.24, 2.45) is 0 Å². The molecule has 0 bridgehead atoms. The SMILES string of the molecule is CC(C)(C)OC(=O)CNCC(=O)OCc1ccc([N+](=O)[O-])cc1. The smallest absolute Gasteiger partial charge is 0.320 e. The maximum absolute atomic E-state index is 11.5. The van der Waals surface area contributed by atoms with Gasteiger partial charge in [-0.1, -0.05) is 0 Å². The van der Waals surface area contributed by atoms with Gasteiger partial charge >= 0.3 is 11.9 Å². The Hall–Kier alpha value is -2.48. The van der Waals surface area contributed by atoms with Crippen molar-refractivity contribution in [3.8, 4) is 0 Å². The number of hydrogen-bond donors (Lipinski definition) is 1. The summed E-state index contributed by atoms with van der Waals surface area (Å²) in [6.45, 7) is 5.04. The zero-order valence-corrected chi connectivity index (χ0v) is 13.3. The Balaban J connectivity index is 2.27. The third-order valence-corrected chi connectivity index (χ3v) is 2.51. The van der Waals surface area contributed by atoms with Crippen LogP contribution in [0.2, 0.25) is 0 Å². The molecule has 0 saturated carbocycles. The molecule has 1 N–H and O–H groups in total. The number of ether oxygens (including phenoxy) is 2. The molecule has 23 heavy (non-hydrogen) atoms. The number of carbonyl (C=O) groups is 2. The fourth-order valence-corrected chi connectivity index (χ4v) is 1.57. The van der Waals surface area contributed by atoms with Crippen molar-refractivity contribution in [1.29, 1.82) is 0 Å². The quantitative estimate of drug-likeness (QED) is 0.461. The zero-order chi connectivity index (χ0) is 17.5. The first-order chi connectivity index (χ1) is 10.7. The van der Waals surface area contributed by atoms with Gasteiger partial charge < -0.3 is 9.47 Å². The molecule has 0 aromatic heterocycles. The first-order valence-corrected chi connectivity index (χ1v) is 6.99. The summed E-state index contributed by atoms with van der Waals surface area (Å²) in [4.78, 5) is 32.9. The van der Waals surface area contributed by atoms with Crippen molar-refractivity contribution < 1.29 is 24.0 Å². The maximum Gasteiger partial charge on any atom is 0.320 e. The molecule has 8 nitrogen and oxygen atoms in total. The number of rotatable bonds is 7. The van der Waals surface area contributed by atoms with Gasteiger partial charge in [-0.25, -0.2) is 0 Å². The normalized spacial score (nSPS) is 10.9. The zero-order valence-electron chi connectivity index (χ0n) is 13.3. The topological polar surface area (TPSA) is 108 Å². The molecule has 1 aromatic rings. The number of esters is 2. The number of carbonyl (C=O) groups excluding carboxylic acids is 2. The van der Waals surface area contributed by atoms with Gasteiger partial charge in [0.25, 0.3) is 5.69 Å². The summed E-state index contributed by atoms with van der Waals surface area (Å²) < 4.78 is 10.1. The Kier molecular flexibility index (Phi) is 6.65. The average molecular weight is 324 g/mol. The van der Waals surface area contributed by atoms with Gasteiger partial charge in [0.05, 0.1) is 18.0 Å². The largest absolute Gasteiger partial charge is 0.460 e. The molecule has 8 heteroatoms. The van der Waals surface area contributed by atoms with Gasteiger partial charge in [0, 0.05) is 12.1 Å². The molecule has 0 saturated heterocycles. The van der Waals surface area contributed by atoms with Crippen LogP contribution in [0.5, 0.6) is 0 Å². The number of nitrogens with one attached hydrogen (secondary N) is 1. The van der Waals surface area contributed by atoms with Crippen molar-refractivity contribution in [2.45, 2.75) is 33.0 Å². The molecule has 0 radical (unpaired) electrons. The van der Waals surface area contributed by atoms with Crippen molar-refractivity contribution in [3.05, 3.63) is 39.9 Å². The molecule has 0 amide bonds. The summed E-state index contributed by atoms with van der Waals surface area (Å²) >= 11 is 0. The van der Waals surface area contributed by atoms with Gasteiger partial charge in [-0.2, -0.15) is 0 Å². The van der Waals surface area contributed by atoms with E-state index in [2.05, 4.69) is 5.32 Å². The van der Waals surface area contributed by atoms with Crippen LogP contribution < -0.4 is 5.32 Å². The molecule has 126 valence electrons. The predicted molar refractivity (Wildman–Crippen MR) is 81.6 cm³/mol.